The standard InChI is InChI=1S/C39H47N5O5/c1-26(32-25-40-33-16-9-8-15-31(32)33)35(36(46)42-30-14-10-11-28(23-30)24-41-38(48)49-39(2,3)4)43-34(45)18-17-27-19-21-44(22-20-27)37(47)29-12-6-5-7-13-29/h5-16,23,25-27,35,40H,17-22,24H2,1-4H3,(H,41,48)(H,42,46)(H,43,45)/t26-,35+/m0/s1. The summed E-state index contributed by atoms with van der Waals surface area (Å²) in [7, 11) is 0. The zero-order valence-corrected chi connectivity index (χ0v) is 28.8. The van der Waals surface area contributed by atoms with Gasteiger partial charge in [-0.2, -0.15) is 0 Å². The first-order valence-electron chi connectivity index (χ1n) is 17.0. The van der Waals surface area contributed by atoms with E-state index in [0.717, 1.165) is 34.9 Å². The number of piperidine rings is 1. The van der Waals surface area contributed by atoms with Crippen LogP contribution in [-0.2, 0) is 20.9 Å². The van der Waals surface area contributed by atoms with Gasteiger partial charge in [0.25, 0.3) is 5.91 Å². The molecule has 0 saturated carbocycles. The van der Waals surface area contributed by atoms with E-state index in [-0.39, 0.29) is 36.6 Å². The van der Waals surface area contributed by atoms with Crippen molar-refractivity contribution >= 4 is 40.4 Å². The molecule has 3 aromatic carbocycles. The largest absolute Gasteiger partial charge is 0.444 e. The second-order valence-electron chi connectivity index (χ2n) is 13.8. The first-order valence-corrected chi connectivity index (χ1v) is 17.0. The maximum Gasteiger partial charge on any atom is 0.407 e. The number of H-pyrrole nitrogens is 1. The minimum absolute atomic E-state index is 0.0433. The predicted octanol–water partition coefficient (Wildman–Crippen LogP) is 6.75. The molecule has 1 saturated heterocycles. The third kappa shape index (κ3) is 9.72. The maximum absolute atomic E-state index is 13.9. The van der Waals surface area contributed by atoms with Crippen LogP contribution < -0.4 is 16.0 Å². The van der Waals surface area contributed by atoms with Crippen molar-refractivity contribution in [2.75, 3.05) is 18.4 Å². The van der Waals surface area contributed by atoms with Gasteiger partial charge in [-0.3, -0.25) is 14.4 Å². The summed E-state index contributed by atoms with van der Waals surface area (Å²) in [4.78, 5) is 57.5. The third-order valence-corrected chi connectivity index (χ3v) is 8.94. The van der Waals surface area contributed by atoms with E-state index in [1.165, 1.54) is 0 Å². The number of aromatic nitrogens is 1. The fourth-order valence-corrected chi connectivity index (χ4v) is 6.30. The van der Waals surface area contributed by atoms with Crippen LogP contribution in [0.3, 0.4) is 0 Å². The maximum atomic E-state index is 13.9. The van der Waals surface area contributed by atoms with Gasteiger partial charge in [-0.25, -0.2) is 4.79 Å². The lowest BCUT2D eigenvalue weighted by molar-refractivity contribution is -0.127. The van der Waals surface area contributed by atoms with Crippen molar-refractivity contribution in [2.45, 2.75) is 77.5 Å². The highest BCUT2D eigenvalue weighted by atomic mass is 16.6. The summed E-state index contributed by atoms with van der Waals surface area (Å²) in [5.74, 6) is -0.506. The van der Waals surface area contributed by atoms with Crippen molar-refractivity contribution < 1.29 is 23.9 Å². The van der Waals surface area contributed by atoms with Gasteiger partial charge in [-0.05, 0) is 87.4 Å². The molecule has 0 unspecified atom stereocenters. The van der Waals surface area contributed by atoms with Crippen molar-refractivity contribution in [2.24, 2.45) is 5.92 Å². The molecule has 2 atom stereocenters. The molecule has 5 rings (SSSR count). The van der Waals surface area contributed by atoms with E-state index >= 15 is 0 Å². The van der Waals surface area contributed by atoms with Crippen LogP contribution >= 0.6 is 0 Å². The summed E-state index contributed by atoms with van der Waals surface area (Å²) in [6, 6.07) is 23.6. The van der Waals surface area contributed by atoms with Gasteiger partial charge in [-0.1, -0.05) is 55.5 Å². The average molecular weight is 666 g/mol. The number of hydrogen-bond acceptors (Lipinski definition) is 5. The number of likely N-dealkylation sites (tertiary alicyclic amines) is 1. The number of aromatic amines is 1. The molecule has 0 bridgehead atoms. The first kappa shape index (κ1) is 35.2. The van der Waals surface area contributed by atoms with Gasteiger partial charge in [0, 0.05) is 60.3 Å². The molecule has 10 heteroatoms. The molecule has 0 radical (unpaired) electrons. The first-order chi connectivity index (χ1) is 23.5. The Morgan fingerprint density at radius 2 is 1.65 bits per heavy atom. The van der Waals surface area contributed by atoms with E-state index in [1.54, 1.807) is 39.0 Å². The van der Waals surface area contributed by atoms with Gasteiger partial charge in [0.15, 0.2) is 0 Å². The normalized spacial score (nSPS) is 14.9. The lowest BCUT2D eigenvalue weighted by Crippen LogP contribution is -2.47. The van der Waals surface area contributed by atoms with Crippen molar-refractivity contribution in [1.82, 2.24) is 20.5 Å². The van der Waals surface area contributed by atoms with Crippen LogP contribution in [0.25, 0.3) is 10.9 Å². The molecule has 1 aromatic heterocycles. The number of nitrogens with one attached hydrogen (secondary N) is 4. The Bertz CT molecular complexity index is 1750. The van der Waals surface area contributed by atoms with E-state index in [2.05, 4.69) is 20.9 Å². The summed E-state index contributed by atoms with van der Waals surface area (Å²) >= 11 is 0. The number of carbonyl (C=O) groups is 4. The number of fused-ring (bicyclic) bond motifs is 1. The van der Waals surface area contributed by atoms with Crippen LogP contribution in [0.2, 0.25) is 0 Å². The molecule has 10 nitrogen and oxygen atoms in total. The highest BCUT2D eigenvalue weighted by Crippen LogP contribution is 2.29. The fourth-order valence-electron chi connectivity index (χ4n) is 6.30. The molecule has 0 aliphatic carbocycles. The number of anilines is 1. The average Bonchev–Trinajstić information content (AvgIpc) is 3.52. The number of benzene rings is 3. The van der Waals surface area contributed by atoms with Gasteiger partial charge in [0.1, 0.15) is 11.6 Å². The van der Waals surface area contributed by atoms with Crippen LogP contribution in [0.4, 0.5) is 10.5 Å². The minimum Gasteiger partial charge on any atom is -0.444 e. The summed E-state index contributed by atoms with van der Waals surface area (Å²) in [6.07, 6.45) is 4.01. The second kappa shape index (κ2) is 15.9. The Balaban J connectivity index is 1.22. The molecule has 0 spiro atoms. The van der Waals surface area contributed by atoms with E-state index < -0.39 is 17.7 Å². The van der Waals surface area contributed by atoms with Gasteiger partial charge in [0.05, 0.1) is 0 Å². The lowest BCUT2D eigenvalue weighted by Gasteiger charge is -2.32. The van der Waals surface area contributed by atoms with Gasteiger partial charge in [0.2, 0.25) is 11.8 Å². The van der Waals surface area contributed by atoms with Crippen molar-refractivity contribution in [3.8, 4) is 0 Å². The molecule has 4 amide bonds. The topological polar surface area (TPSA) is 133 Å². The molecule has 4 aromatic rings. The zero-order chi connectivity index (χ0) is 35.0. The van der Waals surface area contributed by atoms with Gasteiger partial charge in [-0.15, -0.1) is 0 Å². The quantitative estimate of drug-likeness (QED) is 0.141. The Kier molecular flexibility index (Phi) is 11.4. The second-order valence-corrected chi connectivity index (χ2v) is 13.8. The molecule has 2 heterocycles. The Labute approximate surface area is 288 Å². The summed E-state index contributed by atoms with van der Waals surface area (Å²) < 4.78 is 5.33. The molecular formula is C39H47N5O5. The number of hydrogen-bond donors (Lipinski definition) is 4. The van der Waals surface area contributed by atoms with Crippen LogP contribution in [-0.4, -0.2) is 58.4 Å². The van der Waals surface area contributed by atoms with Crippen LogP contribution in [0, 0.1) is 5.92 Å². The molecule has 258 valence electrons. The Morgan fingerprint density at radius 1 is 0.939 bits per heavy atom. The van der Waals surface area contributed by atoms with Crippen molar-refractivity contribution in [3.05, 3.63) is 102 Å². The van der Waals surface area contributed by atoms with Crippen molar-refractivity contribution in [1.29, 1.82) is 0 Å². The number of amides is 4. The Hall–Kier alpha value is -5.12. The van der Waals surface area contributed by atoms with Gasteiger partial charge < -0.3 is 30.6 Å². The third-order valence-electron chi connectivity index (χ3n) is 8.94. The van der Waals surface area contributed by atoms with Crippen LogP contribution in [0.1, 0.15) is 80.8 Å². The molecule has 1 fully saturated rings. The summed E-state index contributed by atoms with van der Waals surface area (Å²) in [6.45, 7) is 8.90. The highest BCUT2D eigenvalue weighted by molar-refractivity contribution is 5.98. The number of alkyl carbamates (subject to hydrolysis) is 1. The summed E-state index contributed by atoms with van der Waals surface area (Å²) in [5.41, 5.74) is 3.31. The molecule has 1 aliphatic rings. The number of carbonyl (C=O) groups excluding carboxylic acids is 4. The molecule has 4 N–H and O–H groups in total. The Morgan fingerprint density at radius 3 is 2.39 bits per heavy atom. The number of ether oxygens (including phenoxy) is 1. The van der Waals surface area contributed by atoms with Gasteiger partial charge >= 0.3 is 6.09 Å². The van der Waals surface area contributed by atoms with Crippen LogP contribution in [0.15, 0.2) is 85.1 Å². The summed E-state index contributed by atoms with van der Waals surface area (Å²) in [5, 5.41) is 9.78. The number of rotatable bonds is 11. The molecular weight excluding hydrogens is 618 g/mol. The molecule has 1 aliphatic heterocycles. The minimum atomic E-state index is -0.847. The SMILES string of the molecule is C[C@@H](c1c[nH]c2ccccc12)[C@@H](NC(=O)CCC1CCN(C(=O)c2ccccc2)CC1)C(=O)Nc1cccc(CNC(=O)OC(C)(C)C)c1. The fraction of sp³-hybridized carbons (Fsp3) is 0.385. The van der Waals surface area contributed by atoms with E-state index in [0.29, 0.717) is 36.7 Å². The zero-order valence-electron chi connectivity index (χ0n) is 28.8. The highest BCUT2D eigenvalue weighted by Gasteiger charge is 2.31. The smallest absolute Gasteiger partial charge is 0.407 e. The van der Waals surface area contributed by atoms with E-state index in [4.69, 9.17) is 4.74 Å². The monoisotopic (exact) mass is 665 g/mol. The van der Waals surface area contributed by atoms with E-state index in [9.17, 15) is 19.2 Å². The van der Waals surface area contributed by atoms with Crippen LogP contribution in [0.5, 0.6) is 0 Å². The lowest BCUT2D eigenvalue weighted by atomic mass is 9.90. The predicted molar refractivity (Wildman–Crippen MR) is 191 cm³/mol. The number of nitrogens with zero attached hydrogens (tertiary/aromatic N) is 1. The van der Waals surface area contributed by atoms with Crippen molar-refractivity contribution in [3.63, 3.8) is 0 Å². The molecule has 49 heavy (non-hydrogen) atoms. The van der Waals surface area contributed by atoms with E-state index in [1.807, 2.05) is 78.7 Å². The number of para-hydroxylation sites is 1.